The highest BCUT2D eigenvalue weighted by Gasteiger charge is 2.47. The number of hydrogen-bond acceptors (Lipinski definition) is 7. The molecule has 3 aliphatic rings. The summed E-state index contributed by atoms with van der Waals surface area (Å²) in [4.78, 5) is 24.7. The fourth-order valence-corrected chi connectivity index (χ4v) is 7.29. The second-order valence-corrected chi connectivity index (χ2v) is 14.0. The molecule has 1 amide bonds. The molecule has 3 fully saturated rings. The largest absolute Gasteiger partial charge is 0.494 e. The van der Waals surface area contributed by atoms with Crippen LogP contribution in [0.25, 0.3) is 33.6 Å². The van der Waals surface area contributed by atoms with E-state index in [9.17, 15) is 22.0 Å². The van der Waals surface area contributed by atoms with Crippen LogP contribution in [0.1, 0.15) is 29.6 Å². The maximum Gasteiger partial charge on any atom is 0.329 e. The number of fused-ring (bicyclic) bond motifs is 2. The molecule has 228 valence electrons. The molecule has 5 heterocycles. The number of carbonyl (C=O) groups is 1. The number of rotatable bonds is 8. The van der Waals surface area contributed by atoms with Crippen molar-refractivity contribution < 1.29 is 26.7 Å². The maximum absolute atomic E-state index is 13.8. The number of imidazole rings is 1. The normalized spacial score (nSPS) is 18.2. The Labute approximate surface area is 247 Å². The molecule has 1 N–H and O–H groups in total. The van der Waals surface area contributed by atoms with Crippen LogP contribution in [0.3, 0.4) is 0 Å². The van der Waals surface area contributed by atoms with Gasteiger partial charge in [0.05, 0.1) is 24.6 Å². The van der Waals surface area contributed by atoms with Crippen LogP contribution in [0.5, 0.6) is 5.75 Å². The number of nitrogens with zero attached hydrogens (tertiary/aromatic N) is 6. The van der Waals surface area contributed by atoms with Crippen molar-refractivity contribution in [2.45, 2.75) is 32.4 Å². The van der Waals surface area contributed by atoms with Crippen molar-refractivity contribution in [2.24, 2.45) is 18.4 Å². The van der Waals surface area contributed by atoms with Gasteiger partial charge < -0.3 is 24.1 Å². The fourth-order valence-electron chi connectivity index (χ4n) is 6.56. The molecule has 43 heavy (non-hydrogen) atoms. The summed E-state index contributed by atoms with van der Waals surface area (Å²) < 4.78 is 61.5. The van der Waals surface area contributed by atoms with Gasteiger partial charge in [-0.1, -0.05) is 0 Å². The Bertz CT molecular complexity index is 1870. The average Bonchev–Trinajstić information content (AvgIpc) is 3.33. The number of nitrogens with one attached hydrogen (secondary N) is 1. The monoisotopic (exact) mass is 613 g/mol. The topological polar surface area (TPSA) is 115 Å². The van der Waals surface area contributed by atoms with Crippen molar-refractivity contribution in [3.63, 3.8) is 0 Å². The van der Waals surface area contributed by atoms with Gasteiger partial charge in [-0.25, -0.2) is 18.4 Å². The van der Waals surface area contributed by atoms with Gasteiger partial charge in [0.15, 0.2) is 5.82 Å². The van der Waals surface area contributed by atoms with Gasteiger partial charge in [-0.05, 0) is 62.1 Å². The van der Waals surface area contributed by atoms with E-state index in [4.69, 9.17) is 9.72 Å². The third-order valence-electron chi connectivity index (χ3n) is 8.93. The quantitative estimate of drug-likeness (QED) is 0.303. The Morgan fingerprint density at radius 1 is 1.21 bits per heavy atom. The summed E-state index contributed by atoms with van der Waals surface area (Å²) in [6.07, 6.45) is 3.86. The predicted octanol–water partition coefficient (Wildman–Crippen LogP) is 3.43. The molecule has 4 aromatic rings. The summed E-state index contributed by atoms with van der Waals surface area (Å²) in [5.74, 6) is 1.10. The number of alkyl halides is 2. The van der Waals surface area contributed by atoms with E-state index in [2.05, 4.69) is 10.3 Å². The van der Waals surface area contributed by atoms with Gasteiger partial charge in [-0.15, -0.1) is 0 Å². The number of hydrogen-bond donors (Lipinski definition) is 1. The highest BCUT2D eigenvalue weighted by molar-refractivity contribution is 7.92. The van der Waals surface area contributed by atoms with Gasteiger partial charge in [-0.2, -0.15) is 13.1 Å². The van der Waals surface area contributed by atoms with E-state index in [1.54, 1.807) is 25.3 Å². The maximum atomic E-state index is 13.8. The van der Waals surface area contributed by atoms with Crippen LogP contribution in [0.4, 0.5) is 14.6 Å². The lowest BCUT2D eigenvalue weighted by atomic mass is 9.79. The van der Waals surface area contributed by atoms with Gasteiger partial charge in [0, 0.05) is 49.6 Å². The zero-order chi connectivity index (χ0) is 30.3. The van der Waals surface area contributed by atoms with Gasteiger partial charge in [-0.3, -0.25) is 4.79 Å². The smallest absolute Gasteiger partial charge is 0.329 e. The van der Waals surface area contributed by atoms with Gasteiger partial charge in [0.25, 0.3) is 5.91 Å². The van der Waals surface area contributed by atoms with E-state index in [0.29, 0.717) is 57.4 Å². The zero-order valence-electron chi connectivity index (χ0n) is 24.2. The van der Waals surface area contributed by atoms with Crippen molar-refractivity contribution >= 4 is 43.8 Å². The van der Waals surface area contributed by atoms with E-state index in [-0.39, 0.29) is 21.4 Å². The van der Waals surface area contributed by atoms with E-state index in [1.165, 1.54) is 6.07 Å². The molecule has 1 saturated carbocycles. The van der Waals surface area contributed by atoms with Crippen LogP contribution >= 0.6 is 0 Å². The minimum Gasteiger partial charge on any atom is -0.494 e. The van der Waals surface area contributed by atoms with Crippen LogP contribution in [0.2, 0.25) is 0 Å². The Hall–Kier alpha value is -3.78. The molecule has 0 unspecified atom stereocenters. The summed E-state index contributed by atoms with van der Waals surface area (Å²) in [6.45, 7) is 0.680. The third-order valence-corrected chi connectivity index (χ3v) is 9.99. The van der Waals surface area contributed by atoms with Crippen LogP contribution in [0.15, 0.2) is 30.3 Å². The Morgan fingerprint density at radius 2 is 1.98 bits per heavy atom. The SMILES string of the molecule is COc1cc(C(=O)N2CC3(CCNC3)C2)cc2nc(-c3cc4ccc(N(C(F)F)S(C)(=O)=O)nc4n3CC3CC3)n(C)c12. The molecule has 2 saturated heterocycles. The Kier molecular flexibility index (Phi) is 6.43. The lowest BCUT2D eigenvalue weighted by Gasteiger charge is -2.47. The standard InChI is InChI=1S/C29H33F2N7O4S/c1-35-24-20(10-19(12-22(24)42-2)27(39)36-15-29(16-36)8-9-32-14-29)33-26(35)21-11-18-6-7-23(38(28(30)31)43(3,40)41)34-25(18)37(21)13-17-4-5-17/h6-7,10-12,17,28,32H,4-5,8-9,13-16H2,1-3H3. The van der Waals surface area contributed by atoms with E-state index >= 15 is 0 Å². The van der Waals surface area contributed by atoms with Crippen molar-refractivity contribution in [1.82, 2.24) is 29.3 Å². The van der Waals surface area contributed by atoms with Crippen molar-refractivity contribution in [3.05, 3.63) is 35.9 Å². The number of anilines is 1. The number of sulfonamides is 1. The molecule has 0 atom stereocenters. The van der Waals surface area contributed by atoms with Crippen LogP contribution in [-0.2, 0) is 23.6 Å². The number of aromatic nitrogens is 4. The molecule has 14 heteroatoms. The number of benzene rings is 1. The predicted molar refractivity (Wildman–Crippen MR) is 158 cm³/mol. The number of aryl methyl sites for hydroxylation is 1. The number of carbonyl (C=O) groups excluding carboxylic acids is 1. The minimum absolute atomic E-state index is 0.0300. The summed E-state index contributed by atoms with van der Waals surface area (Å²) in [5, 5.41) is 4.06. The summed E-state index contributed by atoms with van der Waals surface area (Å²) >= 11 is 0. The summed E-state index contributed by atoms with van der Waals surface area (Å²) in [5.41, 5.74) is 3.10. The highest BCUT2D eigenvalue weighted by atomic mass is 32.2. The van der Waals surface area contributed by atoms with Gasteiger partial charge in [0.2, 0.25) is 10.0 Å². The lowest BCUT2D eigenvalue weighted by Crippen LogP contribution is -2.59. The Balaban J connectivity index is 1.32. The molecule has 3 aromatic heterocycles. The van der Waals surface area contributed by atoms with Gasteiger partial charge >= 0.3 is 6.55 Å². The number of ether oxygens (including phenoxy) is 1. The molecule has 0 radical (unpaired) electrons. The van der Waals surface area contributed by atoms with E-state index in [1.807, 2.05) is 27.1 Å². The Morgan fingerprint density at radius 3 is 2.60 bits per heavy atom. The molecule has 2 aliphatic heterocycles. The average molecular weight is 614 g/mol. The van der Waals surface area contributed by atoms with Crippen molar-refractivity contribution in [2.75, 3.05) is 43.8 Å². The number of likely N-dealkylation sites (tertiary alicyclic amines) is 1. The lowest BCUT2D eigenvalue weighted by molar-refractivity contribution is 0.0159. The van der Waals surface area contributed by atoms with Crippen LogP contribution in [0, 0.1) is 11.3 Å². The molecule has 0 bridgehead atoms. The van der Waals surface area contributed by atoms with Crippen molar-refractivity contribution in [3.8, 4) is 17.3 Å². The molecule has 1 aromatic carbocycles. The highest BCUT2D eigenvalue weighted by Crippen LogP contribution is 2.40. The number of amides is 1. The minimum atomic E-state index is -4.26. The number of halogens is 2. The number of pyridine rings is 1. The molecule has 11 nitrogen and oxygen atoms in total. The first-order chi connectivity index (χ1) is 20.5. The van der Waals surface area contributed by atoms with Crippen LogP contribution in [-0.4, -0.2) is 84.4 Å². The summed E-state index contributed by atoms with van der Waals surface area (Å²) in [7, 11) is -0.839. The van der Waals surface area contributed by atoms with Gasteiger partial charge in [0.1, 0.15) is 22.7 Å². The number of methoxy groups -OCH3 is 1. The first-order valence-electron chi connectivity index (χ1n) is 14.3. The second-order valence-electron chi connectivity index (χ2n) is 12.1. The molecular formula is C29H33F2N7O4S. The van der Waals surface area contributed by atoms with Crippen molar-refractivity contribution in [1.29, 1.82) is 0 Å². The second kappa shape index (κ2) is 9.88. The molecule has 1 aliphatic carbocycles. The zero-order valence-corrected chi connectivity index (χ0v) is 25.0. The third kappa shape index (κ3) is 4.71. The first kappa shape index (κ1) is 28.0. The molecule has 1 spiro atoms. The fraction of sp³-hybridized carbons (Fsp3) is 0.483. The van der Waals surface area contributed by atoms with Crippen LogP contribution < -0.4 is 14.4 Å². The summed E-state index contributed by atoms with van der Waals surface area (Å²) in [6, 6.07) is 8.32. The molecular weight excluding hydrogens is 580 g/mol. The first-order valence-corrected chi connectivity index (χ1v) is 16.2. The van der Waals surface area contributed by atoms with E-state index < -0.39 is 16.6 Å². The molecule has 7 rings (SSSR count). The van der Waals surface area contributed by atoms with E-state index in [0.717, 1.165) is 51.7 Å².